The number of anilines is 1. The average molecular weight is 488 g/mol. The predicted molar refractivity (Wildman–Crippen MR) is 133 cm³/mol. The maximum Gasteiger partial charge on any atom is 0.300 e. The summed E-state index contributed by atoms with van der Waals surface area (Å²) in [5, 5.41) is 22.4. The summed E-state index contributed by atoms with van der Waals surface area (Å²) in [5.41, 5.74) is 0.622. The molecular weight excluding hydrogens is 464 g/mol. The molecule has 36 heavy (non-hydrogen) atoms. The Kier molecular flexibility index (Phi) is 7.00. The van der Waals surface area contributed by atoms with E-state index in [0.29, 0.717) is 36.0 Å². The number of non-ortho nitro benzene ring substituents is 1. The molecule has 3 aromatic rings. The quantitative estimate of drug-likeness (QED) is 0.155. The van der Waals surface area contributed by atoms with E-state index < -0.39 is 28.4 Å². The van der Waals surface area contributed by atoms with E-state index in [9.17, 15) is 24.8 Å². The highest BCUT2D eigenvalue weighted by Gasteiger charge is 2.47. The normalized spacial score (nSPS) is 16.7. The van der Waals surface area contributed by atoms with Crippen LogP contribution in [0.2, 0.25) is 0 Å². The van der Waals surface area contributed by atoms with Gasteiger partial charge in [-0.3, -0.25) is 24.6 Å². The number of amides is 1. The highest BCUT2D eigenvalue weighted by atomic mass is 16.6. The lowest BCUT2D eigenvalue weighted by Crippen LogP contribution is -2.29. The molecular formula is C27H24N2O7. The monoisotopic (exact) mass is 488 g/mol. The third kappa shape index (κ3) is 4.63. The van der Waals surface area contributed by atoms with Crippen molar-refractivity contribution in [2.24, 2.45) is 0 Å². The molecule has 4 rings (SSSR count). The number of carbonyl (C=O) groups excluding carboxylic acids is 2. The van der Waals surface area contributed by atoms with Crippen LogP contribution in [0.15, 0.2) is 78.4 Å². The molecule has 1 saturated heterocycles. The molecule has 1 aliphatic rings. The van der Waals surface area contributed by atoms with Gasteiger partial charge in [0, 0.05) is 23.4 Å². The zero-order chi connectivity index (χ0) is 25.8. The first-order chi connectivity index (χ1) is 17.3. The lowest BCUT2D eigenvalue weighted by Gasteiger charge is -2.25. The van der Waals surface area contributed by atoms with Crippen molar-refractivity contribution in [1.29, 1.82) is 0 Å². The first-order valence-corrected chi connectivity index (χ1v) is 11.4. The van der Waals surface area contributed by atoms with Crippen molar-refractivity contribution in [2.75, 3.05) is 18.1 Å². The van der Waals surface area contributed by atoms with Crippen molar-refractivity contribution >= 4 is 28.8 Å². The fourth-order valence-electron chi connectivity index (χ4n) is 4.12. The van der Waals surface area contributed by atoms with Gasteiger partial charge in [0.15, 0.2) is 0 Å². The molecule has 1 atom stereocenters. The first kappa shape index (κ1) is 24.5. The van der Waals surface area contributed by atoms with Gasteiger partial charge in [0.1, 0.15) is 17.3 Å². The minimum Gasteiger partial charge on any atom is -0.507 e. The van der Waals surface area contributed by atoms with Crippen molar-refractivity contribution < 1.29 is 29.1 Å². The number of benzene rings is 3. The Bertz CT molecular complexity index is 1330. The summed E-state index contributed by atoms with van der Waals surface area (Å²) in [4.78, 5) is 38.5. The third-order valence-electron chi connectivity index (χ3n) is 5.71. The van der Waals surface area contributed by atoms with Gasteiger partial charge in [-0.2, -0.15) is 0 Å². The van der Waals surface area contributed by atoms with Crippen LogP contribution in [0.5, 0.6) is 11.5 Å². The Labute approximate surface area is 207 Å². The van der Waals surface area contributed by atoms with Crippen LogP contribution in [-0.2, 0) is 9.59 Å². The maximum absolute atomic E-state index is 13.3. The Balaban J connectivity index is 1.88. The highest BCUT2D eigenvalue weighted by Crippen LogP contribution is 2.43. The van der Waals surface area contributed by atoms with Gasteiger partial charge in [0.2, 0.25) is 0 Å². The van der Waals surface area contributed by atoms with Crippen molar-refractivity contribution in [3.8, 4) is 11.5 Å². The number of ether oxygens (including phenoxy) is 2. The molecule has 3 aromatic carbocycles. The minimum absolute atomic E-state index is 0.0600. The molecule has 1 N–H and O–H groups in total. The molecule has 0 radical (unpaired) electrons. The second-order valence-corrected chi connectivity index (χ2v) is 7.91. The lowest BCUT2D eigenvalue weighted by molar-refractivity contribution is -0.384. The van der Waals surface area contributed by atoms with E-state index in [-0.39, 0.29) is 16.8 Å². The molecule has 9 nitrogen and oxygen atoms in total. The molecule has 184 valence electrons. The molecule has 1 amide bonds. The van der Waals surface area contributed by atoms with Crippen LogP contribution >= 0.6 is 0 Å². The fraction of sp³-hybridized carbons (Fsp3) is 0.185. The number of hydrogen-bond acceptors (Lipinski definition) is 7. The molecule has 9 heteroatoms. The van der Waals surface area contributed by atoms with Crippen LogP contribution in [0.4, 0.5) is 11.4 Å². The number of hydrogen-bond donors (Lipinski definition) is 1. The zero-order valence-electron chi connectivity index (χ0n) is 19.7. The zero-order valence-corrected chi connectivity index (χ0v) is 19.7. The van der Waals surface area contributed by atoms with E-state index in [2.05, 4.69) is 0 Å². The number of aliphatic hydroxyl groups excluding tert-OH is 1. The largest absolute Gasteiger partial charge is 0.507 e. The van der Waals surface area contributed by atoms with Crippen LogP contribution in [0.3, 0.4) is 0 Å². The van der Waals surface area contributed by atoms with Gasteiger partial charge in [0.05, 0.1) is 29.8 Å². The van der Waals surface area contributed by atoms with Crippen LogP contribution in [0.1, 0.15) is 31.0 Å². The van der Waals surface area contributed by atoms with Crippen molar-refractivity contribution in [3.05, 3.63) is 99.6 Å². The Morgan fingerprint density at radius 3 is 2.08 bits per heavy atom. The minimum atomic E-state index is -0.974. The van der Waals surface area contributed by atoms with Crippen LogP contribution in [0, 0.1) is 10.1 Å². The SMILES string of the molecule is CCOc1ccc(C2/C(=C(/O)c3cccc([N+](=O)[O-])c3)C(=O)C(=O)N2c2ccc(OCC)cc2)cc1. The van der Waals surface area contributed by atoms with Gasteiger partial charge in [0.25, 0.3) is 17.4 Å². The van der Waals surface area contributed by atoms with Gasteiger partial charge >= 0.3 is 0 Å². The van der Waals surface area contributed by atoms with Crippen LogP contribution in [-0.4, -0.2) is 34.9 Å². The molecule has 0 spiro atoms. The molecule has 1 fully saturated rings. The summed E-state index contributed by atoms with van der Waals surface area (Å²) in [6, 6.07) is 17.9. The number of carbonyl (C=O) groups is 2. The lowest BCUT2D eigenvalue weighted by atomic mass is 9.95. The molecule has 0 aromatic heterocycles. The van der Waals surface area contributed by atoms with E-state index in [4.69, 9.17) is 9.47 Å². The van der Waals surface area contributed by atoms with E-state index in [1.165, 1.54) is 23.1 Å². The summed E-state index contributed by atoms with van der Waals surface area (Å²) in [6.45, 7) is 4.65. The summed E-state index contributed by atoms with van der Waals surface area (Å²) in [6.07, 6.45) is 0. The average Bonchev–Trinajstić information content (AvgIpc) is 3.15. The number of nitro benzene ring substituents is 1. The molecule has 0 bridgehead atoms. The van der Waals surface area contributed by atoms with Crippen LogP contribution in [0.25, 0.3) is 5.76 Å². The summed E-state index contributed by atoms with van der Waals surface area (Å²) < 4.78 is 11.0. The van der Waals surface area contributed by atoms with Crippen molar-refractivity contribution in [2.45, 2.75) is 19.9 Å². The number of nitro groups is 1. The topological polar surface area (TPSA) is 119 Å². The summed E-state index contributed by atoms with van der Waals surface area (Å²) in [7, 11) is 0. The van der Waals surface area contributed by atoms with Crippen molar-refractivity contribution in [1.82, 2.24) is 0 Å². The van der Waals surface area contributed by atoms with Gasteiger partial charge in [-0.25, -0.2) is 0 Å². The van der Waals surface area contributed by atoms with Gasteiger partial charge in [-0.15, -0.1) is 0 Å². The van der Waals surface area contributed by atoms with Crippen LogP contribution < -0.4 is 14.4 Å². The highest BCUT2D eigenvalue weighted by molar-refractivity contribution is 6.51. The van der Waals surface area contributed by atoms with E-state index in [1.54, 1.807) is 48.5 Å². The number of aliphatic hydroxyl groups is 1. The molecule has 1 heterocycles. The smallest absolute Gasteiger partial charge is 0.300 e. The number of nitrogens with zero attached hydrogens (tertiary/aromatic N) is 2. The molecule has 0 saturated carbocycles. The standard InChI is InChI=1S/C27H24N2O7/c1-3-35-21-12-8-17(9-13-21)24-23(25(30)18-6-5-7-20(16-18)29(33)34)26(31)27(32)28(24)19-10-14-22(15-11-19)36-4-2/h5-16,24,30H,3-4H2,1-2H3/b25-23-. The summed E-state index contributed by atoms with van der Waals surface area (Å²) >= 11 is 0. The van der Waals surface area contributed by atoms with Gasteiger partial charge < -0.3 is 14.6 Å². The number of Topliss-reactive ketones (excluding diaryl/α,β-unsaturated/α-hetero) is 1. The Morgan fingerprint density at radius 1 is 0.944 bits per heavy atom. The molecule has 1 unspecified atom stereocenters. The second-order valence-electron chi connectivity index (χ2n) is 7.91. The molecule has 0 aliphatic carbocycles. The van der Waals surface area contributed by atoms with Gasteiger partial charge in [-0.1, -0.05) is 24.3 Å². The van der Waals surface area contributed by atoms with Crippen molar-refractivity contribution in [3.63, 3.8) is 0 Å². The second kappa shape index (κ2) is 10.3. The Hall–Kier alpha value is -4.66. The molecule has 1 aliphatic heterocycles. The first-order valence-electron chi connectivity index (χ1n) is 11.4. The summed E-state index contributed by atoms with van der Waals surface area (Å²) in [5.74, 6) is -1.01. The maximum atomic E-state index is 13.3. The van der Waals surface area contributed by atoms with E-state index in [0.717, 1.165) is 6.07 Å². The van der Waals surface area contributed by atoms with E-state index in [1.807, 2.05) is 13.8 Å². The van der Waals surface area contributed by atoms with E-state index >= 15 is 0 Å². The predicted octanol–water partition coefficient (Wildman–Crippen LogP) is 5.02. The fourth-order valence-corrected chi connectivity index (χ4v) is 4.12. The number of ketones is 1. The third-order valence-corrected chi connectivity index (χ3v) is 5.71. The Morgan fingerprint density at radius 2 is 1.53 bits per heavy atom. The van der Waals surface area contributed by atoms with Gasteiger partial charge in [-0.05, 0) is 55.8 Å². The number of rotatable bonds is 8.